The van der Waals surface area contributed by atoms with Gasteiger partial charge >= 0.3 is 0 Å². The van der Waals surface area contributed by atoms with Crippen molar-refractivity contribution >= 4 is 27.5 Å². The van der Waals surface area contributed by atoms with E-state index in [1.54, 1.807) is 7.05 Å². The molecule has 4 rings (SSSR count). The van der Waals surface area contributed by atoms with Crippen molar-refractivity contribution in [1.29, 1.82) is 0 Å². The molecule has 156 valence electrons. The predicted molar refractivity (Wildman–Crippen MR) is 125 cm³/mol. The lowest BCUT2D eigenvalue weighted by Crippen LogP contribution is -2.51. The maximum atomic E-state index is 12.9. The summed E-state index contributed by atoms with van der Waals surface area (Å²) in [6.07, 6.45) is 1.59. The van der Waals surface area contributed by atoms with Crippen LogP contribution in [0.3, 0.4) is 0 Å². The van der Waals surface area contributed by atoms with E-state index >= 15 is 0 Å². The zero-order valence-corrected chi connectivity index (χ0v) is 18.8. The molecule has 5 nitrogen and oxygen atoms in total. The van der Waals surface area contributed by atoms with E-state index in [1.165, 1.54) is 0 Å². The largest absolute Gasteiger partial charge is 0.358 e. The first-order valence-corrected chi connectivity index (χ1v) is 11.0. The highest BCUT2D eigenvalue weighted by Gasteiger charge is 2.42. The number of anilines is 1. The van der Waals surface area contributed by atoms with E-state index in [4.69, 9.17) is 0 Å². The van der Waals surface area contributed by atoms with E-state index in [0.29, 0.717) is 0 Å². The summed E-state index contributed by atoms with van der Waals surface area (Å²) in [6, 6.07) is 20.3. The fourth-order valence-corrected chi connectivity index (χ4v) is 4.78. The highest BCUT2D eigenvalue weighted by atomic mass is 79.9. The van der Waals surface area contributed by atoms with Crippen LogP contribution in [0.1, 0.15) is 18.4 Å². The zero-order valence-electron chi connectivity index (χ0n) is 17.2. The number of carbonyl (C=O) groups is 1. The quantitative estimate of drug-likeness (QED) is 0.700. The molecule has 2 aromatic carbocycles. The molecule has 0 radical (unpaired) electrons. The zero-order chi connectivity index (χ0) is 21.1. The minimum Gasteiger partial charge on any atom is -0.358 e. The van der Waals surface area contributed by atoms with E-state index in [9.17, 15) is 4.79 Å². The molecule has 1 amide bonds. The molecular weight excluding hydrogens is 440 g/mol. The summed E-state index contributed by atoms with van der Waals surface area (Å²) in [5, 5.41) is 4.90. The van der Waals surface area contributed by atoms with Gasteiger partial charge in [-0.05, 0) is 59.6 Å². The number of hydrogen-bond donors (Lipinski definition) is 2. The Morgan fingerprint density at radius 1 is 1.10 bits per heavy atom. The number of rotatable bonds is 5. The second kappa shape index (κ2) is 8.66. The Hall–Kier alpha value is -2.57. The van der Waals surface area contributed by atoms with Gasteiger partial charge in [-0.15, -0.1) is 0 Å². The van der Waals surface area contributed by atoms with Crippen LogP contribution < -0.4 is 15.8 Å². The van der Waals surface area contributed by atoms with E-state index in [2.05, 4.69) is 62.4 Å². The third-order valence-electron chi connectivity index (χ3n) is 6.13. The normalized spacial score (nSPS) is 19.0. The molecule has 6 heteroatoms. The molecule has 1 saturated heterocycles. The predicted octanol–water partition coefficient (Wildman–Crippen LogP) is 3.91. The van der Waals surface area contributed by atoms with Gasteiger partial charge in [-0.25, -0.2) is 0 Å². The average Bonchev–Trinajstić information content (AvgIpc) is 3.09. The van der Waals surface area contributed by atoms with E-state index in [1.807, 2.05) is 41.4 Å². The SMILES string of the molecule is C=C1C(Br)=C(CN2CCC(C(=O)NC)(c3ccccc3)CC2)NN1c1ccccc1. The van der Waals surface area contributed by atoms with E-state index in [-0.39, 0.29) is 5.91 Å². The number of likely N-dealkylation sites (N-methyl/N-ethyl adjacent to an activating group) is 1. The maximum Gasteiger partial charge on any atom is 0.230 e. The molecule has 2 aliphatic heterocycles. The van der Waals surface area contributed by atoms with Crippen molar-refractivity contribution in [1.82, 2.24) is 15.6 Å². The molecular formula is C24H27BrN4O. The fourth-order valence-electron chi connectivity index (χ4n) is 4.39. The lowest BCUT2D eigenvalue weighted by molar-refractivity contribution is -0.128. The second-order valence-corrected chi connectivity index (χ2v) is 8.62. The molecule has 0 saturated carbocycles. The van der Waals surface area contributed by atoms with Crippen molar-refractivity contribution in [3.05, 3.63) is 88.7 Å². The lowest BCUT2D eigenvalue weighted by Gasteiger charge is -2.41. The molecule has 1 fully saturated rings. The van der Waals surface area contributed by atoms with Gasteiger partial charge in [0.1, 0.15) is 0 Å². The Bertz CT molecular complexity index is 950. The first kappa shape index (κ1) is 20.7. The van der Waals surface area contributed by atoms with Gasteiger partial charge in [0.2, 0.25) is 5.91 Å². The Labute approximate surface area is 186 Å². The molecule has 2 aromatic rings. The average molecular weight is 467 g/mol. The molecule has 30 heavy (non-hydrogen) atoms. The number of benzene rings is 2. The molecule has 0 atom stereocenters. The molecule has 0 spiro atoms. The molecule has 2 heterocycles. The van der Waals surface area contributed by atoms with Crippen LogP contribution in [-0.4, -0.2) is 37.5 Å². The monoisotopic (exact) mass is 466 g/mol. The number of likely N-dealkylation sites (tertiary alicyclic amines) is 1. The van der Waals surface area contributed by atoms with Gasteiger partial charge in [0, 0.05) is 13.6 Å². The first-order chi connectivity index (χ1) is 14.5. The van der Waals surface area contributed by atoms with E-state index in [0.717, 1.165) is 59.6 Å². The number of carbonyl (C=O) groups excluding carboxylic acids is 1. The Kier molecular flexibility index (Phi) is 5.97. The van der Waals surface area contributed by atoms with Gasteiger partial charge in [-0.3, -0.25) is 20.1 Å². The summed E-state index contributed by atoms with van der Waals surface area (Å²) >= 11 is 3.71. The summed E-state index contributed by atoms with van der Waals surface area (Å²) in [5.74, 6) is 0.108. The van der Waals surface area contributed by atoms with Crippen molar-refractivity contribution in [3.8, 4) is 0 Å². The van der Waals surface area contributed by atoms with Gasteiger partial charge in [0.15, 0.2) is 0 Å². The van der Waals surface area contributed by atoms with Gasteiger partial charge in [-0.1, -0.05) is 55.1 Å². The highest BCUT2D eigenvalue weighted by Crippen LogP contribution is 2.37. The second-order valence-electron chi connectivity index (χ2n) is 7.83. The summed E-state index contributed by atoms with van der Waals surface area (Å²) in [4.78, 5) is 15.3. The summed E-state index contributed by atoms with van der Waals surface area (Å²) < 4.78 is 0.998. The maximum absolute atomic E-state index is 12.9. The van der Waals surface area contributed by atoms with Crippen LogP contribution in [0.25, 0.3) is 0 Å². The minimum atomic E-state index is -0.457. The number of amides is 1. The Morgan fingerprint density at radius 3 is 2.30 bits per heavy atom. The number of nitrogens with zero attached hydrogens (tertiary/aromatic N) is 2. The number of halogens is 1. The van der Waals surface area contributed by atoms with Gasteiger partial charge in [0.25, 0.3) is 0 Å². The highest BCUT2D eigenvalue weighted by molar-refractivity contribution is 9.12. The van der Waals surface area contributed by atoms with Crippen LogP contribution in [0.4, 0.5) is 5.69 Å². The van der Waals surface area contributed by atoms with Crippen molar-refractivity contribution in [3.63, 3.8) is 0 Å². The third-order valence-corrected chi connectivity index (χ3v) is 7.07. The minimum absolute atomic E-state index is 0.108. The number of nitrogens with one attached hydrogen (secondary N) is 2. The Morgan fingerprint density at radius 2 is 1.70 bits per heavy atom. The molecule has 0 bridgehead atoms. The summed E-state index contributed by atoms with van der Waals surface area (Å²) in [7, 11) is 1.73. The number of piperidine rings is 1. The van der Waals surface area contributed by atoms with Crippen molar-refractivity contribution < 1.29 is 4.79 Å². The van der Waals surface area contributed by atoms with E-state index < -0.39 is 5.41 Å². The van der Waals surface area contributed by atoms with Crippen molar-refractivity contribution in [2.45, 2.75) is 18.3 Å². The van der Waals surface area contributed by atoms with Crippen LogP contribution in [0.5, 0.6) is 0 Å². The van der Waals surface area contributed by atoms with Crippen LogP contribution in [0, 0.1) is 0 Å². The molecule has 2 N–H and O–H groups in total. The molecule has 0 aromatic heterocycles. The van der Waals surface area contributed by atoms with Gasteiger partial charge in [-0.2, -0.15) is 0 Å². The number of hydrazine groups is 1. The molecule has 2 aliphatic rings. The topological polar surface area (TPSA) is 47.6 Å². The lowest BCUT2D eigenvalue weighted by atomic mass is 9.72. The van der Waals surface area contributed by atoms with Gasteiger partial charge in [0.05, 0.1) is 27.0 Å². The van der Waals surface area contributed by atoms with Gasteiger partial charge < -0.3 is 5.32 Å². The first-order valence-electron chi connectivity index (χ1n) is 10.2. The summed E-state index contributed by atoms with van der Waals surface area (Å²) in [6.45, 7) is 6.71. The smallest absolute Gasteiger partial charge is 0.230 e. The number of para-hydroxylation sites is 1. The third kappa shape index (κ3) is 3.77. The summed E-state index contributed by atoms with van der Waals surface area (Å²) in [5.41, 5.74) is 7.18. The van der Waals surface area contributed by atoms with Crippen LogP contribution in [0.2, 0.25) is 0 Å². The fraction of sp³-hybridized carbons (Fsp3) is 0.292. The number of allylic oxidation sites excluding steroid dienone is 1. The van der Waals surface area contributed by atoms with Crippen LogP contribution in [-0.2, 0) is 10.2 Å². The molecule has 0 aliphatic carbocycles. The van der Waals surface area contributed by atoms with Crippen LogP contribution in [0.15, 0.2) is 83.1 Å². The Balaban J connectivity index is 1.46. The van der Waals surface area contributed by atoms with Crippen molar-refractivity contribution in [2.24, 2.45) is 0 Å². The van der Waals surface area contributed by atoms with Crippen molar-refractivity contribution in [2.75, 3.05) is 31.7 Å². The standard InChI is InChI=1S/C24H27BrN4O/c1-18-22(25)21(27-29(18)20-11-7-4-8-12-20)17-28-15-13-24(14-16-28,23(30)26-2)19-9-5-3-6-10-19/h3-12,27H,1,13-17H2,2H3,(H,26,30). The van der Waals surface area contributed by atoms with Crippen LogP contribution >= 0.6 is 15.9 Å². The number of hydrogen-bond acceptors (Lipinski definition) is 4. The molecule has 0 unspecified atom stereocenters.